The first-order chi connectivity index (χ1) is 12.7. The largest absolute Gasteiger partial charge is 0.368 e. The lowest BCUT2D eigenvalue weighted by Crippen LogP contribution is -2.31. The molecule has 0 spiro atoms. The molecule has 3 heterocycles. The van der Waals surface area contributed by atoms with Gasteiger partial charge in [-0.1, -0.05) is 13.3 Å². The first-order valence-electron chi connectivity index (χ1n) is 9.31. The number of aromatic nitrogens is 4. The van der Waals surface area contributed by atoms with Crippen LogP contribution in [0.3, 0.4) is 0 Å². The number of nitrogens with zero attached hydrogens (tertiary/aromatic N) is 3. The fourth-order valence-corrected chi connectivity index (χ4v) is 3.05. The van der Waals surface area contributed by atoms with Gasteiger partial charge in [0.05, 0.1) is 5.69 Å². The van der Waals surface area contributed by atoms with Crippen LogP contribution in [0.2, 0.25) is 0 Å². The minimum atomic E-state index is -0.131. The molecular weight excluding hydrogens is 330 g/mol. The number of anilines is 1. The number of amides is 1. The maximum Gasteiger partial charge on any atom is 0.272 e. The standard InChI is InChI=1S/C18H27N7O/c1-3-4-5-15-22-12(2)10-16(23-15)20-8-9-21-18(26)17-13-6-7-19-11-14(13)24-25-17/h10,19H,3-9,11H2,1-2H3,(H,21,26)(H,24,25)(H,20,22,23). The third kappa shape index (κ3) is 4.57. The molecule has 1 amide bonds. The highest BCUT2D eigenvalue weighted by molar-refractivity contribution is 5.94. The SMILES string of the molecule is CCCCc1nc(C)cc(NCCNC(=O)c2n[nH]c3c2CCNC3)n1. The number of carbonyl (C=O) groups excluding carboxylic acids is 1. The Morgan fingerprint density at radius 1 is 1.31 bits per heavy atom. The Labute approximate surface area is 153 Å². The number of aryl methyl sites for hydroxylation is 2. The van der Waals surface area contributed by atoms with E-state index in [1.807, 2.05) is 13.0 Å². The Balaban J connectivity index is 1.49. The van der Waals surface area contributed by atoms with Crippen molar-refractivity contribution in [1.82, 2.24) is 30.8 Å². The molecule has 0 aromatic carbocycles. The molecule has 140 valence electrons. The summed E-state index contributed by atoms with van der Waals surface area (Å²) in [6.07, 6.45) is 3.93. The predicted octanol–water partition coefficient (Wildman–Crippen LogP) is 1.34. The Morgan fingerprint density at radius 2 is 2.19 bits per heavy atom. The van der Waals surface area contributed by atoms with Gasteiger partial charge in [0.1, 0.15) is 11.6 Å². The molecule has 0 saturated heterocycles. The highest BCUT2D eigenvalue weighted by atomic mass is 16.1. The van der Waals surface area contributed by atoms with E-state index in [0.29, 0.717) is 18.8 Å². The molecule has 1 aliphatic heterocycles. The quantitative estimate of drug-likeness (QED) is 0.531. The average molecular weight is 357 g/mol. The predicted molar refractivity (Wildman–Crippen MR) is 100 cm³/mol. The van der Waals surface area contributed by atoms with E-state index in [1.165, 1.54) is 0 Å². The molecule has 3 rings (SSSR count). The number of aromatic amines is 1. The normalized spacial score (nSPS) is 13.3. The summed E-state index contributed by atoms with van der Waals surface area (Å²) in [7, 11) is 0. The summed E-state index contributed by atoms with van der Waals surface area (Å²) in [6.45, 7) is 6.85. The number of hydrogen-bond acceptors (Lipinski definition) is 6. The van der Waals surface area contributed by atoms with Gasteiger partial charge >= 0.3 is 0 Å². The number of rotatable bonds is 8. The molecule has 4 N–H and O–H groups in total. The molecule has 0 atom stereocenters. The zero-order chi connectivity index (χ0) is 18.4. The summed E-state index contributed by atoms with van der Waals surface area (Å²) in [5.41, 5.74) is 3.51. The van der Waals surface area contributed by atoms with Crippen LogP contribution in [0, 0.1) is 6.92 Å². The van der Waals surface area contributed by atoms with Gasteiger partial charge in [-0.25, -0.2) is 9.97 Å². The zero-order valence-electron chi connectivity index (χ0n) is 15.5. The number of carbonyl (C=O) groups is 1. The van der Waals surface area contributed by atoms with Crippen LogP contribution < -0.4 is 16.0 Å². The molecule has 8 heteroatoms. The maximum atomic E-state index is 12.3. The maximum absolute atomic E-state index is 12.3. The highest BCUT2D eigenvalue weighted by Crippen LogP contribution is 2.15. The highest BCUT2D eigenvalue weighted by Gasteiger charge is 2.21. The molecule has 2 aromatic heterocycles. The van der Waals surface area contributed by atoms with E-state index in [9.17, 15) is 4.79 Å². The van der Waals surface area contributed by atoms with E-state index in [-0.39, 0.29) is 5.91 Å². The van der Waals surface area contributed by atoms with Gasteiger partial charge in [-0.3, -0.25) is 9.89 Å². The van der Waals surface area contributed by atoms with Crippen LogP contribution in [-0.4, -0.2) is 45.7 Å². The number of fused-ring (bicyclic) bond motifs is 1. The van der Waals surface area contributed by atoms with Gasteiger partial charge in [0.2, 0.25) is 0 Å². The summed E-state index contributed by atoms with van der Waals surface area (Å²) in [5.74, 6) is 1.55. The lowest BCUT2D eigenvalue weighted by molar-refractivity contribution is 0.0949. The fourth-order valence-electron chi connectivity index (χ4n) is 3.05. The molecule has 0 fully saturated rings. The number of hydrogen-bond donors (Lipinski definition) is 4. The third-order valence-electron chi connectivity index (χ3n) is 4.39. The second kappa shape index (κ2) is 8.75. The van der Waals surface area contributed by atoms with Gasteiger partial charge in [-0.05, 0) is 26.3 Å². The van der Waals surface area contributed by atoms with Crippen LogP contribution in [0.4, 0.5) is 5.82 Å². The average Bonchev–Trinajstić information content (AvgIpc) is 3.07. The van der Waals surface area contributed by atoms with Crippen molar-refractivity contribution >= 4 is 11.7 Å². The van der Waals surface area contributed by atoms with Gasteiger partial charge < -0.3 is 16.0 Å². The molecule has 0 bridgehead atoms. The van der Waals surface area contributed by atoms with Crippen molar-refractivity contribution in [3.8, 4) is 0 Å². The smallest absolute Gasteiger partial charge is 0.272 e. The van der Waals surface area contributed by atoms with Crippen molar-refractivity contribution in [3.63, 3.8) is 0 Å². The number of H-pyrrole nitrogens is 1. The summed E-state index contributed by atoms with van der Waals surface area (Å²) in [4.78, 5) is 21.3. The molecule has 0 aliphatic carbocycles. The topological polar surface area (TPSA) is 108 Å². The number of unbranched alkanes of at least 4 members (excludes halogenated alkanes) is 1. The summed E-state index contributed by atoms with van der Waals surface area (Å²) >= 11 is 0. The van der Waals surface area contributed by atoms with E-state index in [4.69, 9.17) is 0 Å². The van der Waals surface area contributed by atoms with Crippen LogP contribution in [0.15, 0.2) is 6.07 Å². The minimum absolute atomic E-state index is 0.131. The molecular formula is C18H27N7O. The van der Waals surface area contributed by atoms with Crippen LogP contribution in [0.25, 0.3) is 0 Å². The molecule has 2 aromatic rings. The van der Waals surface area contributed by atoms with E-state index in [1.54, 1.807) is 0 Å². The second-order valence-corrected chi connectivity index (χ2v) is 6.55. The van der Waals surface area contributed by atoms with Crippen LogP contribution in [0.5, 0.6) is 0 Å². The van der Waals surface area contributed by atoms with E-state index < -0.39 is 0 Å². The summed E-state index contributed by atoms with van der Waals surface area (Å²) < 4.78 is 0. The first-order valence-corrected chi connectivity index (χ1v) is 9.31. The molecule has 0 radical (unpaired) electrons. The Bertz CT molecular complexity index is 756. The molecule has 0 saturated carbocycles. The van der Waals surface area contributed by atoms with Gasteiger partial charge in [0, 0.05) is 43.4 Å². The second-order valence-electron chi connectivity index (χ2n) is 6.55. The fraction of sp³-hybridized carbons (Fsp3) is 0.556. The van der Waals surface area contributed by atoms with E-state index in [0.717, 1.165) is 67.4 Å². The monoisotopic (exact) mass is 357 g/mol. The molecule has 8 nitrogen and oxygen atoms in total. The zero-order valence-corrected chi connectivity index (χ0v) is 15.5. The Morgan fingerprint density at radius 3 is 3.04 bits per heavy atom. The number of nitrogens with one attached hydrogen (secondary N) is 4. The lowest BCUT2D eigenvalue weighted by atomic mass is 10.1. The summed E-state index contributed by atoms with van der Waals surface area (Å²) in [5, 5.41) is 16.6. The molecule has 1 aliphatic rings. The van der Waals surface area contributed by atoms with Crippen molar-refractivity contribution in [2.45, 2.75) is 46.1 Å². The molecule has 26 heavy (non-hydrogen) atoms. The Kier molecular flexibility index (Phi) is 6.17. The van der Waals surface area contributed by atoms with Crippen molar-refractivity contribution in [2.24, 2.45) is 0 Å². The van der Waals surface area contributed by atoms with Crippen molar-refractivity contribution < 1.29 is 4.79 Å². The van der Waals surface area contributed by atoms with Crippen molar-refractivity contribution in [3.05, 3.63) is 34.5 Å². The van der Waals surface area contributed by atoms with Crippen LogP contribution >= 0.6 is 0 Å². The first kappa shape index (κ1) is 18.3. The van der Waals surface area contributed by atoms with Crippen LogP contribution in [-0.2, 0) is 19.4 Å². The van der Waals surface area contributed by atoms with Gasteiger partial charge in [-0.2, -0.15) is 5.10 Å². The van der Waals surface area contributed by atoms with E-state index in [2.05, 4.69) is 43.0 Å². The molecule has 0 unspecified atom stereocenters. The minimum Gasteiger partial charge on any atom is -0.368 e. The Hall–Kier alpha value is -2.48. The van der Waals surface area contributed by atoms with Gasteiger partial charge in [-0.15, -0.1) is 0 Å². The third-order valence-corrected chi connectivity index (χ3v) is 4.39. The van der Waals surface area contributed by atoms with Gasteiger partial charge in [0.15, 0.2) is 5.69 Å². The van der Waals surface area contributed by atoms with E-state index >= 15 is 0 Å². The van der Waals surface area contributed by atoms with Gasteiger partial charge in [0.25, 0.3) is 5.91 Å². The lowest BCUT2D eigenvalue weighted by Gasteiger charge is -2.13. The van der Waals surface area contributed by atoms with Crippen molar-refractivity contribution in [1.29, 1.82) is 0 Å². The summed E-state index contributed by atoms with van der Waals surface area (Å²) in [6, 6.07) is 1.92. The van der Waals surface area contributed by atoms with Crippen molar-refractivity contribution in [2.75, 3.05) is 25.0 Å². The van der Waals surface area contributed by atoms with Crippen LogP contribution in [0.1, 0.15) is 53.0 Å².